The summed E-state index contributed by atoms with van der Waals surface area (Å²) in [6, 6.07) is 10.7. The molecule has 2 aliphatic rings. The predicted molar refractivity (Wildman–Crippen MR) is 125 cm³/mol. The minimum absolute atomic E-state index is 0.159. The quantitative estimate of drug-likeness (QED) is 0.597. The Labute approximate surface area is 197 Å². The number of amides is 1. The van der Waals surface area contributed by atoms with Crippen molar-refractivity contribution in [2.45, 2.75) is 37.0 Å². The van der Waals surface area contributed by atoms with Crippen LogP contribution < -0.4 is 5.32 Å². The second-order valence-corrected chi connectivity index (χ2v) is 10.8. The van der Waals surface area contributed by atoms with Crippen LogP contribution in [0.25, 0.3) is 5.69 Å². The maximum atomic E-state index is 13.2. The zero-order valence-electron chi connectivity index (χ0n) is 17.9. The lowest BCUT2D eigenvalue weighted by atomic mass is 9.97. The number of rotatable bonds is 5. The molecule has 3 aromatic rings. The normalized spacial score (nSPS) is 17.1. The number of piperidine rings is 1. The molecule has 1 aliphatic carbocycles. The Kier molecular flexibility index (Phi) is 5.94. The van der Waals surface area contributed by atoms with Gasteiger partial charge in [-0.3, -0.25) is 4.79 Å². The molecule has 2 aromatic carbocycles. The van der Waals surface area contributed by atoms with Gasteiger partial charge in [0.05, 0.1) is 15.6 Å². The minimum atomic E-state index is -3.57. The number of hydrogen-bond donors (Lipinski definition) is 1. The molecule has 1 aliphatic heterocycles. The Morgan fingerprint density at radius 1 is 1.09 bits per heavy atom. The largest absolute Gasteiger partial charge is 0.324 e. The van der Waals surface area contributed by atoms with Crippen LogP contribution in [0.1, 0.15) is 30.4 Å². The number of sulfonamides is 1. The minimum Gasteiger partial charge on any atom is -0.324 e. The van der Waals surface area contributed by atoms with Crippen molar-refractivity contribution in [1.82, 2.24) is 19.1 Å². The number of hydrogen-bond acceptors (Lipinski definition) is 5. The van der Waals surface area contributed by atoms with Gasteiger partial charge in [0.1, 0.15) is 18.3 Å². The van der Waals surface area contributed by atoms with Gasteiger partial charge in [-0.2, -0.15) is 9.40 Å². The van der Waals surface area contributed by atoms with Gasteiger partial charge in [0.2, 0.25) is 15.9 Å². The highest BCUT2D eigenvalue weighted by Crippen LogP contribution is 2.31. The molecule has 0 bridgehead atoms. The van der Waals surface area contributed by atoms with E-state index < -0.39 is 10.0 Å². The lowest BCUT2D eigenvalue weighted by molar-refractivity contribution is -0.120. The van der Waals surface area contributed by atoms with Crippen molar-refractivity contribution < 1.29 is 13.2 Å². The van der Waals surface area contributed by atoms with Gasteiger partial charge in [0, 0.05) is 19.0 Å². The van der Waals surface area contributed by atoms with Gasteiger partial charge in [-0.1, -0.05) is 23.7 Å². The van der Waals surface area contributed by atoms with Crippen molar-refractivity contribution in [3.05, 3.63) is 65.2 Å². The molecule has 1 fully saturated rings. The van der Waals surface area contributed by atoms with E-state index in [1.807, 2.05) is 12.1 Å². The fourth-order valence-corrected chi connectivity index (χ4v) is 6.41. The molecule has 0 unspecified atom stereocenters. The van der Waals surface area contributed by atoms with Crippen molar-refractivity contribution in [2.24, 2.45) is 5.92 Å². The van der Waals surface area contributed by atoms with Crippen LogP contribution in [-0.4, -0.2) is 46.5 Å². The first kappa shape index (κ1) is 22.1. The van der Waals surface area contributed by atoms with Gasteiger partial charge >= 0.3 is 0 Å². The number of nitrogens with zero attached hydrogens (tertiary/aromatic N) is 4. The monoisotopic (exact) mass is 485 g/mol. The van der Waals surface area contributed by atoms with E-state index in [9.17, 15) is 13.2 Å². The van der Waals surface area contributed by atoms with Gasteiger partial charge in [-0.25, -0.2) is 18.1 Å². The Balaban J connectivity index is 1.26. The van der Waals surface area contributed by atoms with Crippen molar-refractivity contribution in [2.75, 3.05) is 18.4 Å². The Morgan fingerprint density at radius 2 is 1.88 bits per heavy atom. The molecule has 1 amide bonds. The molecular formula is C23H24ClN5O3S. The third-order valence-electron chi connectivity index (χ3n) is 6.42. The number of benzene rings is 2. The van der Waals surface area contributed by atoms with Gasteiger partial charge in [-0.05, 0) is 67.5 Å². The fourth-order valence-electron chi connectivity index (χ4n) is 4.62. The third-order valence-corrected chi connectivity index (χ3v) is 8.62. The first-order valence-electron chi connectivity index (χ1n) is 11.0. The average molecular weight is 486 g/mol. The number of aromatic nitrogens is 3. The van der Waals surface area contributed by atoms with Crippen LogP contribution in [0.2, 0.25) is 5.02 Å². The van der Waals surface area contributed by atoms with Crippen molar-refractivity contribution in [3.8, 4) is 5.69 Å². The van der Waals surface area contributed by atoms with Gasteiger partial charge in [0.25, 0.3) is 0 Å². The molecule has 0 spiro atoms. The number of fused-ring (bicyclic) bond motifs is 1. The molecule has 172 valence electrons. The van der Waals surface area contributed by atoms with Crippen LogP contribution in [0.3, 0.4) is 0 Å². The molecule has 2 heterocycles. The summed E-state index contributed by atoms with van der Waals surface area (Å²) in [5, 5.41) is 7.49. The molecule has 1 N–H and O–H groups in total. The van der Waals surface area contributed by atoms with Gasteiger partial charge in [-0.15, -0.1) is 0 Å². The summed E-state index contributed by atoms with van der Waals surface area (Å²) in [6.45, 7) is 0.617. The number of carbonyl (C=O) groups is 1. The van der Waals surface area contributed by atoms with Crippen LogP contribution in [0.5, 0.6) is 0 Å². The molecule has 0 atom stereocenters. The zero-order valence-corrected chi connectivity index (χ0v) is 19.5. The smallest absolute Gasteiger partial charge is 0.243 e. The van der Waals surface area contributed by atoms with Crippen molar-refractivity contribution in [3.63, 3.8) is 0 Å². The standard InChI is InChI=1S/C23H24ClN5O3S/c24-20-5-2-6-21(22(20)29-15-25-14-26-29)27-23(30)17-9-11-28(12-10-17)33(31,32)19-8-7-16-3-1-4-18(16)13-19/h2,5-8,13-15,17H,1,3-4,9-12H2,(H,27,30). The van der Waals surface area contributed by atoms with E-state index in [2.05, 4.69) is 15.4 Å². The number of anilines is 1. The van der Waals surface area contributed by atoms with Crippen molar-refractivity contribution >= 4 is 33.2 Å². The van der Waals surface area contributed by atoms with Crippen molar-refractivity contribution in [1.29, 1.82) is 0 Å². The Morgan fingerprint density at radius 3 is 2.64 bits per heavy atom. The average Bonchev–Trinajstić information content (AvgIpc) is 3.51. The predicted octanol–water partition coefficient (Wildman–Crippen LogP) is 3.45. The lowest BCUT2D eigenvalue weighted by Crippen LogP contribution is -2.41. The number of carbonyl (C=O) groups excluding carboxylic acids is 1. The second kappa shape index (κ2) is 8.89. The number of para-hydroxylation sites is 1. The van der Waals surface area contributed by atoms with E-state index in [4.69, 9.17) is 11.6 Å². The molecule has 0 saturated carbocycles. The maximum Gasteiger partial charge on any atom is 0.243 e. The molecule has 5 rings (SSSR count). The van der Waals surface area contributed by atoms with E-state index >= 15 is 0 Å². The van der Waals surface area contributed by atoms with E-state index in [0.29, 0.717) is 47.2 Å². The molecule has 33 heavy (non-hydrogen) atoms. The molecule has 10 heteroatoms. The first-order valence-corrected chi connectivity index (χ1v) is 12.8. The molecule has 1 aromatic heterocycles. The van der Waals surface area contributed by atoms with Gasteiger partial charge < -0.3 is 5.32 Å². The lowest BCUT2D eigenvalue weighted by Gasteiger charge is -2.30. The summed E-state index contributed by atoms with van der Waals surface area (Å²) in [5.74, 6) is -0.452. The highest BCUT2D eigenvalue weighted by Gasteiger charge is 2.33. The van der Waals surface area contributed by atoms with E-state index in [1.165, 1.54) is 27.2 Å². The summed E-state index contributed by atoms with van der Waals surface area (Å²) < 4.78 is 29.3. The molecular weight excluding hydrogens is 462 g/mol. The van der Waals surface area contributed by atoms with Crippen LogP contribution in [0.4, 0.5) is 5.69 Å². The number of halogens is 1. The highest BCUT2D eigenvalue weighted by molar-refractivity contribution is 7.89. The first-order chi connectivity index (χ1) is 15.9. The molecule has 0 radical (unpaired) electrons. The Bertz CT molecular complexity index is 1290. The molecule has 1 saturated heterocycles. The van der Waals surface area contributed by atoms with Crippen LogP contribution >= 0.6 is 11.6 Å². The summed E-state index contributed by atoms with van der Waals surface area (Å²) in [6.07, 6.45) is 6.84. The zero-order chi connectivity index (χ0) is 23.0. The summed E-state index contributed by atoms with van der Waals surface area (Å²) in [4.78, 5) is 17.3. The van der Waals surface area contributed by atoms with E-state index in [0.717, 1.165) is 24.8 Å². The van der Waals surface area contributed by atoms with Crippen LogP contribution in [-0.2, 0) is 27.7 Å². The van der Waals surface area contributed by atoms with Gasteiger partial charge in [0.15, 0.2) is 0 Å². The molecule has 8 nitrogen and oxygen atoms in total. The van der Waals surface area contributed by atoms with Crippen LogP contribution in [0.15, 0.2) is 53.9 Å². The van der Waals surface area contributed by atoms with E-state index in [1.54, 1.807) is 24.3 Å². The number of nitrogens with one attached hydrogen (secondary N) is 1. The summed E-state index contributed by atoms with van der Waals surface area (Å²) in [7, 11) is -3.57. The second-order valence-electron chi connectivity index (χ2n) is 8.43. The maximum absolute atomic E-state index is 13.2. The summed E-state index contributed by atoms with van der Waals surface area (Å²) >= 11 is 6.34. The van der Waals surface area contributed by atoms with Crippen LogP contribution in [0, 0.1) is 5.92 Å². The SMILES string of the molecule is O=C(Nc1cccc(Cl)c1-n1cncn1)C1CCN(S(=O)(=O)c2ccc3c(c2)CCC3)CC1. The van der Waals surface area contributed by atoms with E-state index in [-0.39, 0.29) is 11.8 Å². The summed E-state index contributed by atoms with van der Waals surface area (Å²) in [5.41, 5.74) is 3.46. The Hall–Kier alpha value is -2.75. The topological polar surface area (TPSA) is 97.2 Å². The highest BCUT2D eigenvalue weighted by atomic mass is 35.5. The third kappa shape index (κ3) is 4.28. The fraction of sp³-hybridized carbons (Fsp3) is 0.348. The number of aryl methyl sites for hydroxylation is 2.